The van der Waals surface area contributed by atoms with E-state index in [2.05, 4.69) is 32.0 Å². The van der Waals surface area contributed by atoms with Crippen LogP contribution in [0.4, 0.5) is 4.39 Å². The molecule has 0 unspecified atom stereocenters. The van der Waals surface area contributed by atoms with Crippen LogP contribution in [-0.4, -0.2) is 11.1 Å². The van der Waals surface area contributed by atoms with Gasteiger partial charge in [0.05, 0.1) is 5.56 Å². The van der Waals surface area contributed by atoms with Gasteiger partial charge in [0.1, 0.15) is 5.82 Å². The maximum absolute atomic E-state index is 13.4. The van der Waals surface area contributed by atoms with Crippen LogP contribution in [0.15, 0.2) is 36.4 Å². The predicted octanol–water partition coefficient (Wildman–Crippen LogP) is 4.57. The lowest BCUT2D eigenvalue weighted by molar-refractivity contribution is 0.0696. The number of aryl methyl sites for hydroxylation is 2. The first-order valence-corrected chi connectivity index (χ1v) is 7.77. The van der Waals surface area contributed by atoms with E-state index in [4.69, 9.17) is 5.11 Å². The number of halogens is 1. The number of thioether (sulfide) groups is 1. The number of hydrogen-bond acceptors (Lipinski definition) is 2. The van der Waals surface area contributed by atoms with E-state index in [1.807, 2.05) is 0 Å². The second kappa shape index (κ2) is 6.76. The van der Waals surface area contributed by atoms with Gasteiger partial charge in [-0.05, 0) is 43.2 Å². The summed E-state index contributed by atoms with van der Waals surface area (Å²) in [5.74, 6) is -0.195. The van der Waals surface area contributed by atoms with Crippen molar-refractivity contribution >= 4 is 17.7 Å². The van der Waals surface area contributed by atoms with Crippen LogP contribution in [-0.2, 0) is 11.5 Å². The molecule has 0 aromatic heterocycles. The minimum Gasteiger partial charge on any atom is -0.478 e. The Kier molecular flexibility index (Phi) is 5.02. The van der Waals surface area contributed by atoms with E-state index in [1.165, 1.54) is 28.8 Å². The van der Waals surface area contributed by atoms with Crippen molar-refractivity contribution in [3.05, 3.63) is 70.0 Å². The zero-order valence-electron chi connectivity index (χ0n) is 12.0. The Morgan fingerprint density at radius 2 is 1.57 bits per heavy atom. The van der Waals surface area contributed by atoms with Gasteiger partial charge in [-0.25, -0.2) is 9.18 Å². The molecule has 0 heterocycles. The Morgan fingerprint density at radius 1 is 1.00 bits per heavy atom. The van der Waals surface area contributed by atoms with E-state index in [0.717, 1.165) is 11.8 Å². The van der Waals surface area contributed by atoms with Crippen molar-refractivity contribution in [2.45, 2.75) is 25.4 Å². The van der Waals surface area contributed by atoms with Crippen molar-refractivity contribution < 1.29 is 14.3 Å². The number of benzene rings is 2. The Hall–Kier alpha value is -1.81. The zero-order valence-corrected chi connectivity index (χ0v) is 12.8. The lowest BCUT2D eigenvalue weighted by Crippen LogP contribution is -1.98. The molecule has 4 heteroatoms. The Labute approximate surface area is 128 Å². The maximum atomic E-state index is 13.4. The molecule has 0 bridgehead atoms. The summed E-state index contributed by atoms with van der Waals surface area (Å²) in [5, 5.41) is 8.92. The third-order valence-corrected chi connectivity index (χ3v) is 4.10. The first-order valence-electron chi connectivity index (χ1n) is 6.62. The van der Waals surface area contributed by atoms with Crippen molar-refractivity contribution in [3.63, 3.8) is 0 Å². The Morgan fingerprint density at radius 3 is 2.14 bits per heavy atom. The number of carbonyl (C=O) groups is 1. The molecule has 0 spiro atoms. The van der Waals surface area contributed by atoms with Crippen molar-refractivity contribution in [1.82, 2.24) is 0 Å². The summed E-state index contributed by atoms with van der Waals surface area (Å²) in [6.45, 7) is 4.12. The molecule has 0 aliphatic carbocycles. The summed E-state index contributed by atoms with van der Waals surface area (Å²) >= 11 is 1.65. The molecule has 0 amide bonds. The largest absolute Gasteiger partial charge is 0.478 e. The summed E-state index contributed by atoms with van der Waals surface area (Å²) in [6, 6.07) is 10.4. The first kappa shape index (κ1) is 15.6. The number of carboxylic acid groups (broad SMARTS) is 1. The summed E-state index contributed by atoms with van der Waals surface area (Å²) in [7, 11) is 0. The molecular formula is C17H17FO2S. The minimum atomic E-state index is -1.10. The highest BCUT2D eigenvalue weighted by Crippen LogP contribution is 2.21. The SMILES string of the molecule is Cc1cc(C)cc(CSCc2cc(F)cc(C(=O)O)c2)c1. The van der Waals surface area contributed by atoms with Crippen molar-refractivity contribution in [1.29, 1.82) is 0 Å². The maximum Gasteiger partial charge on any atom is 0.335 e. The van der Waals surface area contributed by atoms with Gasteiger partial charge in [0, 0.05) is 11.5 Å². The molecule has 0 aliphatic rings. The Bertz CT molecular complexity index is 648. The second-order valence-electron chi connectivity index (χ2n) is 5.14. The Balaban J connectivity index is 2.01. The van der Waals surface area contributed by atoms with Gasteiger partial charge in [0.25, 0.3) is 0 Å². The van der Waals surface area contributed by atoms with Crippen molar-refractivity contribution in [2.75, 3.05) is 0 Å². The van der Waals surface area contributed by atoms with Crippen LogP contribution < -0.4 is 0 Å². The van der Waals surface area contributed by atoms with E-state index in [-0.39, 0.29) is 5.56 Å². The highest BCUT2D eigenvalue weighted by Gasteiger charge is 2.07. The second-order valence-corrected chi connectivity index (χ2v) is 6.13. The molecular weight excluding hydrogens is 287 g/mol. The van der Waals surface area contributed by atoms with Gasteiger partial charge in [-0.3, -0.25) is 0 Å². The molecule has 0 fully saturated rings. The van der Waals surface area contributed by atoms with Gasteiger partial charge in [-0.1, -0.05) is 29.3 Å². The number of rotatable bonds is 5. The summed E-state index contributed by atoms with van der Waals surface area (Å²) in [5.41, 5.74) is 4.38. The molecule has 110 valence electrons. The quantitative estimate of drug-likeness (QED) is 0.879. The van der Waals surface area contributed by atoms with E-state index in [1.54, 1.807) is 11.8 Å². The summed E-state index contributed by atoms with van der Waals surface area (Å²) < 4.78 is 13.4. The third kappa shape index (κ3) is 4.60. The van der Waals surface area contributed by atoms with E-state index in [9.17, 15) is 9.18 Å². The molecule has 0 aliphatic heterocycles. The van der Waals surface area contributed by atoms with Gasteiger partial charge in [0.15, 0.2) is 0 Å². The molecule has 0 saturated carbocycles. The highest BCUT2D eigenvalue weighted by atomic mass is 32.2. The van der Waals surface area contributed by atoms with Gasteiger partial charge >= 0.3 is 5.97 Å². The molecule has 0 atom stereocenters. The molecule has 2 aromatic rings. The van der Waals surface area contributed by atoms with Crippen LogP contribution in [0.2, 0.25) is 0 Å². The average molecular weight is 304 g/mol. The van der Waals surface area contributed by atoms with Gasteiger partial charge in [-0.15, -0.1) is 0 Å². The molecule has 0 saturated heterocycles. The topological polar surface area (TPSA) is 37.3 Å². The van der Waals surface area contributed by atoms with Crippen LogP contribution >= 0.6 is 11.8 Å². The van der Waals surface area contributed by atoms with Gasteiger partial charge in [0.2, 0.25) is 0 Å². The van der Waals surface area contributed by atoms with Gasteiger partial charge < -0.3 is 5.11 Å². The van der Waals surface area contributed by atoms with E-state index in [0.29, 0.717) is 11.3 Å². The van der Waals surface area contributed by atoms with E-state index < -0.39 is 11.8 Å². The summed E-state index contributed by atoms with van der Waals surface area (Å²) in [4.78, 5) is 10.9. The fraction of sp³-hybridized carbons (Fsp3) is 0.235. The molecule has 2 aromatic carbocycles. The lowest BCUT2D eigenvalue weighted by atomic mass is 10.1. The standard InChI is InChI=1S/C17H17FO2S/c1-11-3-12(2)5-13(4-11)9-21-10-14-6-15(17(19)20)8-16(18)7-14/h3-8H,9-10H2,1-2H3,(H,19,20). The third-order valence-electron chi connectivity index (χ3n) is 3.02. The zero-order chi connectivity index (χ0) is 15.4. The van der Waals surface area contributed by atoms with Crippen molar-refractivity contribution in [2.24, 2.45) is 0 Å². The fourth-order valence-electron chi connectivity index (χ4n) is 2.30. The molecule has 2 nitrogen and oxygen atoms in total. The fourth-order valence-corrected chi connectivity index (χ4v) is 3.20. The monoisotopic (exact) mass is 304 g/mol. The number of aromatic carboxylic acids is 1. The highest BCUT2D eigenvalue weighted by molar-refractivity contribution is 7.97. The smallest absolute Gasteiger partial charge is 0.335 e. The number of carboxylic acids is 1. The van der Waals surface area contributed by atoms with Gasteiger partial charge in [-0.2, -0.15) is 11.8 Å². The van der Waals surface area contributed by atoms with Crippen molar-refractivity contribution in [3.8, 4) is 0 Å². The van der Waals surface area contributed by atoms with Crippen LogP contribution in [0.1, 0.15) is 32.6 Å². The van der Waals surface area contributed by atoms with E-state index >= 15 is 0 Å². The molecule has 1 N–H and O–H groups in total. The van der Waals surface area contributed by atoms with Crippen LogP contribution in [0, 0.1) is 19.7 Å². The predicted molar refractivity (Wildman–Crippen MR) is 84.3 cm³/mol. The molecule has 2 rings (SSSR count). The average Bonchev–Trinajstić information content (AvgIpc) is 2.36. The number of hydrogen-bond donors (Lipinski definition) is 1. The molecule has 0 radical (unpaired) electrons. The van der Waals surface area contributed by atoms with Crippen LogP contribution in [0.5, 0.6) is 0 Å². The first-order chi connectivity index (χ1) is 9.94. The normalized spacial score (nSPS) is 10.6. The lowest BCUT2D eigenvalue weighted by Gasteiger charge is -2.06. The van der Waals surface area contributed by atoms with Crippen LogP contribution in [0.25, 0.3) is 0 Å². The van der Waals surface area contributed by atoms with Crippen LogP contribution in [0.3, 0.4) is 0 Å². The minimum absolute atomic E-state index is 0.00278. The summed E-state index contributed by atoms with van der Waals surface area (Å²) in [6.07, 6.45) is 0. The molecule has 21 heavy (non-hydrogen) atoms.